The first kappa shape index (κ1) is 24.0. The molecule has 1 atom stereocenters. The number of benzene rings is 1. The van der Waals surface area contributed by atoms with Crippen molar-refractivity contribution in [2.45, 2.75) is 37.8 Å². The molecule has 1 heterocycles. The van der Waals surface area contributed by atoms with Gasteiger partial charge in [-0.3, -0.25) is 0 Å². The van der Waals surface area contributed by atoms with Gasteiger partial charge in [0, 0.05) is 5.56 Å². The molecule has 2 N–H and O–H groups in total. The summed E-state index contributed by atoms with van der Waals surface area (Å²) in [4.78, 5) is 16.0. The van der Waals surface area contributed by atoms with Crippen LogP contribution in [0, 0.1) is 0 Å². The normalized spacial score (nSPS) is 12.8. The van der Waals surface area contributed by atoms with E-state index in [0.717, 1.165) is 11.3 Å². The van der Waals surface area contributed by atoms with Crippen LogP contribution in [0.1, 0.15) is 35.8 Å². The molecule has 1 aromatic heterocycles. The summed E-state index contributed by atoms with van der Waals surface area (Å²) in [7, 11) is -4.11. The van der Waals surface area contributed by atoms with Gasteiger partial charge in [0.05, 0.1) is 39.9 Å². The summed E-state index contributed by atoms with van der Waals surface area (Å²) < 4.78 is 45.1. The molecule has 0 saturated heterocycles. The minimum Gasteiger partial charge on any atom is -0.461 e. The van der Waals surface area contributed by atoms with Crippen LogP contribution >= 0.6 is 34.5 Å². The Morgan fingerprint density at radius 2 is 2.03 bits per heavy atom. The predicted octanol–water partition coefficient (Wildman–Crippen LogP) is 3.81. The quantitative estimate of drug-likeness (QED) is 0.524. The molecule has 0 aliphatic rings. The summed E-state index contributed by atoms with van der Waals surface area (Å²) in [5, 5.41) is 9.23. The Morgan fingerprint density at radius 3 is 2.59 bits per heavy atom. The third kappa shape index (κ3) is 5.25. The van der Waals surface area contributed by atoms with Crippen LogP contribution in [0.2, 0.25) is 10.0 Å². The molecule has 0 aliphatic carbocycles. The van der Waals surface area contributed by atoms with Crippen molar-refractivity contribution >= 4 is 50.5 Å². The maximum atomic E-state index is 12.9. The second kappa shape index (κ2) is 10.1. The number of aromatic nitrogens is 1. The van der Waals surface area contributed by atoms with Crippen LogP contribution in [-0.2, 0) is 21.4 Å². The van der Waals surface area contributed by atoms with Crippen LogP contribution in [0.25, 0.3) is 10.4 Å². The highest BCUT2D eigenvalue weighted by Crippen LogP contribution is 2.41. The molecule has 12 heteroatoms. The Hall–Kier alpha value is -1.30. The van der Waals surface area contributed by atoms with E-state index >= 15 is 0 Å². The maximum Gasteiger partial charge on any atom is 0.367 e. The summed E-state index contributed by atoms with van der Waals surface area (Å²) in [6, 6.07) is 1.73. The fraction of sp³-hybridized carbons (Fsp3) is 0.412. The van der Waals surface area contributed by atoms with Crippen LogP contribution in [-0.4, -0.2) is 43.8 Å². The molecule has 0 amide bonds. The topological polar surface area (TPSA) is 106 Å². The fourth-order valence-electron chi connectivity index (χ4n) is 2.37. The number of nitrogens with one attached hydrogen (secondary N) is 1. The molecular formula is C17H19Cl2FN2O5S2. The molecule has 0 radical (unpaired) electrons. The molecule has 1 aromatic carbocycles. The second-order valence-electron chi connectivity index (χ2n) is 5.79. The molecular weight excluding hydrogens is 466 g/mol. The molecule has 7 nitrogen and oxygen atoms in total. The monoisotopic (exact) mass is 484 g/mol. The van der Waals surface area contributed by atoms with Crippen molar-refractivity contribution in [1.82, 2.24) is 9.71 Å². The number of thiazole rings is 1. The number of carbonyl (C=O) groups is 1. The number of aliphatic hydroxyl groups is 1. The zero-order chi connectivity index (χ0) is 21.8. The van der Waals surface area contributed by atoms with Crippen molar-refractivity contribution < 1.29 is 27.4 Å². The van der Waals surface area contributed by atoms with E-state index in [1.54, 1.807) is 13.8 Å². The first-order valence-electron chi connectivity index (χ1n) is 8.54. The van der Waals surface area contributed by atoms with E-state index in [2.05, 4.69) is 9.71 Å². The molecule has 0 spiro atoms. The number of sulfonamides is 1. The van der Waals surface area contributed by atoms with E-state index in [1.165, 1.54) is 12.1 Å². The molecule has 2 aromatic rings. The number of halogens is 3. The summed E-state index contributed by atoms with van der Waals surface area (Å²) in [5.41, 5.74) is 0.471. The van der Waals surface area contributed by atoms with Gasteiger partial charge in [0.1, 0.15) is 11.6 Å². The Morgan fingerprint density at radius 1 is 1.34 bits per heavy atom. The highest BCUT2D eigenvalue weighted by molar-refractivity contribution is 7.89. The van der Waals surface area contributed by atoms with Crippen LogP contribution in [0.3, 0.4) is 0 Å². The lowest BCUT2D eigenvalue weighted by molar-refractivity contribution is 0.0525. The van der Waals surface area contributed by atoms with E-state index in [1.807, 2.05) is 0 Å². The SMILES string of the molecule is CCOC(=O)c1nc(CO)c(-c2ccc(S(=O)(=O)N[C@@H](CC)CF)c(Cl)c2Cl)s1. The van der Waals surface area contributed by atoms with Gasteiger partial charge < -0.3 is 9.84 Å². The van der Waals surface area contributed by atoms with Crippen molar-refractivity contribution in [3.05, 3.63) is 32.9 Å². The molecule has 0 fully saturated rings. The molecule has 0 unspecified atom stereocenters. The number of alkyl halides is 1. The lowest BCUT2D eigenvalue weighted by Gasteiger charge is -2.16. The van der Waals surface area contributed by atoms with Gasteiger partial charge in [0.2, 0.25) is 15.0 Å². The number of nitrogens with zero attached hydrogens (tertiary/aromatic N) is 1. The van der Waals surface area contributed by atoms with Gasteiger partial charge >= 0.3 is 5.97 Å². The average molecular weight is 485 g/mol. The third-order valence-electron chi connectivity index (χ3n) is 3.88. The van der Waals surface area contributed by atoms with Gasteiger partial charge in [-0.15, -0.1) is 11.3 Å². The van der Waals surface area contributed by atoms with Gasteiger partial charge in [-0.05, 0) is 19.4 Å². The molecule has 0 aliphatic heterocycles. The van der Waals surface area contributed by atoms with Gasteiger partial charge in [-0.2, -0.15) is 0 Å². The number of aliphatic hydroxyl groups excluding tert-OH is 1. The van der Waals surface area contributed by atoms with E-state index < -0.39 is 35.3 Å². The lowest BCUT2D eigenvalue weighted by atomic mass is 10.1. The van der Waals surface area contributed by atoms with E-state index in [9.17, 15) is 22.7 Å². The largest absolute Gasteiger partial charge is 0.461 e. The van der Waals surface area contributed by atoms with Gasteiger partial charge in [-0.25, -0.2) is 27.3 Å². The standard InChI is InChI=1S/C17H19Cl2FN2O5S2/c1-3-9(7-20)22-29(25,26)12-6-5-10(13(18)14(12)19)15-11(8-23)21-16(28-15)17(24)27-4-2/h5-6,9,22-23H,3-4,7-8H2,1-2H3/t9-/m0/s1. The van der Waals surface area contributed by atoms with E-state index in [4.69, 9.17) is 27.9 Å². The van der Waals surface area contributed by atoms with E-state index in [-0.39, 0.29) is 38.7 Å². The minimum atomic E-state index is -4.11. The molecule has 0 saturated carbocycles. The first-order chi connectivity index (χ1) is 13.7. The Labute approximate surface area is 181 Å². The fourth-order valence-corrected chi connectivity index (χ4v) is 5.59. The Balaban J connectivity index is 2.51. The van der Waals surface area contributed by atoms with Gasteiger partial charge in [0.15, 0.2) is 0 Å². The average Bonchev–Trinajstić information content (AvgIpc) is 3.12. The number of hydrogen-bond donors (Lipinski definition) is 2. The summed E-state index contributed by atoms with van der Waals surface area (Å²) in [5.74, 6) is -0.652. The Kier molecular flexibility index (Phi) is 8.38. The number of esters is 1. The minimum absolute atomic E-state index is 0.0187. The summed E-state index contributed by atoms with van der Waals surface area (Å²) in [6.45, 7) is 2.11. The molecule has 160 valence electrons. The summed E-state index contributed by atoms with van der Waals surface area (Å²) in [6.07, 6.45) is 0.260. The number of ether oxygens (including phenoxy) is 1. The first-order valence-corrected chi connectivity index (χ1v) is 11.6. The van der Waals surface area contributed by atoms with E-state index in [0.29, 0.717) is 10.4 Å². The van der Waals surface area contributed by atoms with Crippen molar-refractivity contribution in [2.75, 3.05) is 13.3 Å². The molecule has 0 bridgehead atoms. The lowest BCUT2D eigenvalue weighted by Crippen LogP contribution is -2.36. The van der Waals surface area contributed by atoms with Gasteiger partial charge in [0.25, 0.3) is 0 Å². The van der Waals surface area contributed by atoms with Crippen LogP contribution in [0.5, 0.6) is 0 Å². The highest BCUT2D eigenvalue weighted by Gasteiger charge is 2.26. The van der Waals surface area contributed by atoms with Crippen LogP contribution in [0.4, 0.5) is 4.39 Å². The smallest absolute Gasteiger partial charge is 0.367 e. The van der Waals surface area contributed by atoms with Crippen LogP contribution < -0.4 is 4.72 Å². The predicted molar refractivity (Wildman–Crippen MR) is 110 cm³/mol. The zero-order valence-electron chi connectivity index (χ0n) is 15.5. The van der Waals surface area contributed by atoms with Crippen molar-refractivity contribution in [3.8, 4) is 10.4 Å². The van der Waals surface area contributed by atoms with Crippen molar-refractivity contribution in [3.63, 3.8) is 0 Å². The third-order valence-corrected chi connectivity index (χ3v) is 7.55. The molecule has 29 heavy (non-hydrogen) atoms. The molecule has 2 rings (SSSR count). The number of hydrogen-bond acceptors (Lipinski definition) is 7. The summed E-state index contributed by atoms with van der Waals surface area (Å²) >= 11 is 13.4. The Bertz CT molecular complexity index is 994. The van der Waals surface area contributed by atoms with Crippen molar-refractivity contribution in [2.24, 2.45) is 0 Å². The van der Waals surface area contributed by atoms with Gasteiger partial charge in [-0.1, -0.05) is 36.2 Å². The number of carbonyl (C=O) groups excluding carboxylic acids is 1. The van der Waals surface area contributed by atoms with Crippen molar-refractivity contribution in [1.29, 1.82) is 0 Å². The second-order valence-corrected chi connectivity index (χ2v) is 9.23. The maximum absolute atomic E-state index is 12.9. The zero-order valence-corrected chi connectivity index (χ0v) is 18.7. The highest BCUT2D eigenvalue weighted by atomic mass is 35.5. The van der Waals surface area contributed by atoms with Crippen LogP contribution in [0.15, 0.2) is 17.0 Å². The number of rotatable bonds is 9.